The third-order valence-electron chi connectivity index (χ3n) is 5.33. The van der Waals surface area contributed by atoms with Crippen molar-refractivity contribution in [1.29, 1.82) is 0 Å². The fourth-order valence-corrected chi connectivity index (χ4v) is 3.20. The summed E-state index contributed by atoms with van der Waals surface area (Å²) in [5, 5.41) is 26.4. The van der Waals surface area contributed by atoms with Crippen molar-refractivity contribution >= 4 is 36.3 Å². The summed E-state index contributed by atoms with van der Waals surface area (Å²) in [5.41, 5.74) is 6.43. The van der Waals surface area contributed by atoms with E-state index in [4.69, 9.17) is 5.73 Å². The van der Waals surface area contributed by atoms with Gasteiger partial charge >= 0.3 is 5.97 Å². The maximum atomic E-state index is 13.1. The van der Waals surface area contributed by atoms with Crippen LogP contribution in [0.15, 0.2) is 30.3 Å². The van der Waals surface area contributed by atoms with Crippen LogP contribution in [0.5, 0.6) is 0 Å². The van der Waals surface area contributed by atoms with Crippen molar-refractivity contribution in [2.24, 2.45) is 11.7 Å². The number of amides is 3. The molecule has 0 saturated heterocycles. The highest BCUT2D eigenvalue weighted by molar-refractivity contribution is 7.80. The smallest absolute Gasteiger partial charge is 0.327 e. The lowest BCUT2D eigenvalue weighted by Gasteiger charge is -2.28. The first kappa shape index (κ1) is 28.4. The molecule has 0 aromatic heterocycles. The minimum Gasteiger partial charge on any atom is -0.480 e. The largest absolute Gasteiger partial charge is 0.480 e. The Morgan fingerprint density at radius 1 is 0.970 bits per heavy atom. The Kier molecular flexibility index (Phi) is 11.9. The van der Waals surface area contributed by atoms with Gasteiger partial charge in [-0.05, 0) is 18.4 Å². The van der Waals surface area contributed by atoms with Crippen LogP contribution in [0.25, 0.3) is 0 Å². The van der Waals surface area contributed by atoms with Crippen molar-refractivity contribution in [1.82, 2.24) is 16.0 Å². The molecule has 0 fully saturated rings. The van der Waals surface area contributed by atoms with Crippen molar-refractivity contribution in [2.75, 3.05) is 5.75 Å². The zero-order valence-corrected chi connectivity index (χ0v) is 19.9. The van der Waals surface area contributed by atoms with Crippen LogP contribution >= 0.6 is 12.6 Å². The predicted molar refractivity (Wildman–Crippen MR) is 127 cm³/mol. The lowest BCUT2D eigenvalue weighted by molar-refractivity contribution is -0.141. The summed E-state index contributed by atoms with van der Waals surface area (Å²) < 4.78 is 0. The summed E-state index contributed by atoms with van der Waals surface area (Å²) in [6, 6.07) is 4.33. The summed E-state index contributed by atoms with van der Waals surface area (Å²) in [5.74, 6) is -3.70. The van der Waals surface area contributed by atoms with Gasteiger partial charge in [0.15, 0.2) is 0 Å². The van der Waals surface area contributed by atoms with Crippen LogP contribution in [0.4, 0.5) is 0 Å². The Bertz CT molecular complexity index is 807. The molecule has 11 heteroatoms. The van der Waals surface area contributed by atoms with Crippen LogP contribution in [0, 0.1) is 5.92 Å². The van der Waals surface area contributed by atoms with Crippen molar-refractivity contribution in [2.45, 2.75) is 63.9 Å². The number of carboxylic acids is 1. The Hall–Kier alpha value is -2.63. The van der Waals surface area contributed by atoms with Crippen LogP contribution in [0.2, 0.25) is 0 Å². The Morgan fingerprint density at radius 2 is 1.55 bits per heavy atom. The Labute approximate surface area is 199 Å². The van der Waals surface area contributed by atoms with Gasteiger partial charge in [-0.15, -0.1) is 0 Å². The van der Waals surface area contributed by atoms with Gasteiger partial charge in [-0.3, -0.25) is 14.4 Å². The Balaban J connectivity index is 3.11. The van der Waals surface area contributed by atoms with E-state index in [1.54, 1.807) is 37.3 Å². The second-order valence-electron chi connectivity index (χ2n) is 7.97. The van der Waals surface area contributed by atoms with Gasteiger partial charge < -0.3 is 31.9 Å². The molecular formula is C22H34N4O6S. The molecule has 0 bridgehead atoms. The predicted octanol–water partition coefficient (Wildman–Crippen LogP) is -0.548. The molecule has 0 spiro atoms. The van der Waals surface area contributed by atoms with E-state index in [1.807, 2.05) is 6.92 Å². The van der Waals surface area contributed by atoms with E-state index in [2.05, 4.69) is 28.6 Å². The molecule has 1 aromatic rings. The van der Waals surface area contributed by atoms with Gasteiger partial charge in [0.2, 0.25) is 17.7 Å². The quantitative estimate of drug-likeness (QED) is 0.185. The van der Waals surface area contributed by atoms with E-state index < -0.39 is 54.0 Å². The molecule has 7 N–H and O–H groups in total. The number of carbonyl (C=O) groups excluding carboxylic acids is 3. The first-order chi connectivity index (χ1) is 15.5. The van der Waals surface area contributed by atoms with Crippen LogP contribution in [0.1, 0.15) is 32.8 Å². The van der Waals surface area contributed by atoms with E-state index in [0.29, 0.717) is 6.42 Å². The summed E-state index contributed by atoms with van der Waals surface area (Å²) >= 11 is 3.95. The molecule has 0 aliphatic heterocycles. The highest BCUT2D eigenvalue weighted by Crippen LogP contribution is 2.11. The zero-order valence-electron chi connectivity index (χ0n) is 19.0. The molecule has 184 valence electrons. The molecule has 3 amide bonds. The number of aliphatic hydroxyl groups is 1. The zero-order chi connectivity index (χ0) is 25.1. The van der Waals surface area contributed by atoms with Crippen molar-refractivity contribution in [3.63, 3.8) is 0 Å². The second kappa shape index (κ2) is 13.8. The minimum absolute atomic E-state index is 0.103. The maximum absolute atomic E-state index is 13.1. The monoisotopic (exact) mass is 482 g/mol. The van der Waals surface area contributed by atoms with Gasteiger partial charge in [0.25, 0.3) is 0 Å². The topological polar surface area (TPSA) is 171 Å². The van der Waals surface area contributed by atoms with Gasteiger partial charge in [-0.1, -0.05) is 50.6 Å². The van der Waals surface area contributed by atoms with Crippen molar-refractivity contribution in [3.8, 4) is 0 Å². The lowest BCUT2D eigenvalue weighted by atomic mass is 9.96. The number of thiol groups is 1. The first-order valence-electron chi connectivity index (χ1n) is 10.7. The number of rotatable bonds is 13. The molecule has 0 aliphatic carbocycles. The van der Waals surface area contributed by atoms with Gasteiger partial charge in [-0.25, -0.2) is 4.79 Å². The fraction of sp³-hybridized carbons (Fsp3) is 0.545. The van der Waals surface area contributed by atoms with Crippen LogP contribution < -0.4 is 21.7 Å². The fourth-order valence-electron chi connectivity index (χ4n) is 2.95. The molecule has 33 heavy (non-hydrogen) atoms. The van der Waals surface area contributed by atoms with Gasteiger partial charge in [-0.2, -0.15) is 12.6 Å². The molecule has 1 aromatic carbocycles. The number of aliphatic hydroxyl groups excluding tert-OH is 1. The molecule has 1 rings (SSSR count). The highest BCUT2D eigenvalue weighted by Gasteiger charge is 2.33. The summed E-state index contributed by atoms with van der Waals surface area (Å²) in [6.07, 6.45) is -0.471. The number of nitrogens with two attached hydrogens (primary N) is 1. The number of aliphatic carboxylic acids is 1. The number of benzene rings is 1. The van der Waals surface area contributed by atoms with Gasteiger partial charge in [0.05, 0.1) is 6.10 Å². The molecule has 6 atom stereocenters. The van der Waals surface area contributed by atoms with Crippen LogP contribution in [0.3, 0.4) is 0 Å². The summed E-state index contributed by atoms with van der Waals surface area (Å²) in [7, 11) is 0. The number of nitrogens with one attached hydrogen (secondary N) is 3. The van der Waals surface area contributed by atoms with Crippen LogP contribution in [-0.4, -0.2) is 69.9 Å². The van der Waals surface area contributed by atoms with E-state index in [9.17, 15) is 29.4 Å². The molecule has 0 heterocycles. The van der Waals surface area contributed by atoms with E-state index in [-0.39, 0.29) is 18.1 Å². The Morgan fingerprint density at radius 3 is 2.03 bits per heavy atom. The van der Waals surface area contributed by atoms with E-state index in [0.717, 1.165) is 5.56 Å². The molecule has 0 aliphatic rings. The molecule has 0 saturated carbocycles. The number of hydrogen-bond donors (Lipinski definition) is 7. The van der Waals surface area contributed by atoms with Crippen molar-refractivity contribution in [3.05, 3.63) is 35.9 Å². The summed E-state index contributed by atoms with van der Waals surface area (Å²) in [6.45, 7) is 4.96. The third kappa shape index (κ3) is 9.03. The SMILES string of the molecule is CCC(C)C(NC(=O)C(N)C(C)O)C(=O)NC(Cc1ccccc1)C(=O)NC(CS)C(=O)O. The minimum atomic E-state index is -1.25. The first-order valence-corrected chi connectivity index (χ1v) is 11.4. The van der Waals surface area contributed by atoms with Gasteiger partial charge in [0, 0.05) is 12.2 Å². The number of carboxylic acid groups (broad SMARTS) is 1. The van der Waals surface area contributed by atoms with E-state index in [1.165, 1.54) is 6.92 Å². The van der Waals surface area contributed by atoms with Crippen molar-refractivity contribution < 1.29 is 29.4 Å². The normalized spacial score (nSPS) is 16.4. The number of hydrogen-bond acceptors (Lipinski definition) is 7. The lowest BCUT2D eigenvalue weighted by Crippen LogP contribution is -2.60. The van der Waals surface area contributed by atoms with E-state index >= 15 is 0 Å². The third-order valence-corrected chi connectivity index (χ3v) is 5.69. The average Bonchev–Trinajstić information content (AvgIpc) is 2.79. The second-order valence-corrected chi connectivity index (χ2v) is 8.34. The number of carbonyl (C=O) groups is 4. The average molecular weight is 483 g/mol. The molecular weight excluding hydrogens is 448 g/mol. The van der Waals surface area contributed by atoms with Gasteiger partial charge in [0.1, 0.15) is 24.2 Å². The van der Waals surface area contributed by atoms with Crippen LogP contribution in [-0.2, 0) is 25.6 Å². The molecule has 6 unspecified atom stereocenters. The highest BCUT2D eigenvalue weighted by atomic mass is 32.1. The molecule has 0 radical (unpaired) electrons. The molecule has 10 nitrogen and oxygen atoms in total. The standard InChI is InChI=1S/C22H34N4O6S/c1-4-12(2)18(26-20(29)17(23)13(3)27)21(30)24-15(10-14-8-6-5-7-9-14)19(28)25-16(11-33)22(31)32/h5-9,12-13,15-18,27,33H,4,10-11,23H2,1-3H3,(H,24,30)(H,25,28)(H,26,29)(H,31,32). The maximum Gasteiger partial charge on any atom is 0.327 e. The summed E-state index contributed by atoms with van der Waals surface area (Å²) in [4.78, 5) is 49.7.